The number of nitrogens with two attached hydrogens (primary N) is 1. The van der Waals surface area contributed by atoms with Gasteiger partial charge in [-0.05, 0) is 37.5 Å². The number of hydrogen-bond donors (Lipinski definition) is 1. The predicted octanol–water partition coefficient (Wildman–Crippen LogP) is 3.01. The highest BCUT2D eigenvalue weighted by Gasteiger charge is 2.37. The first kappa shape index (κ1) is 14.4. The van der Waals surface area contributed by atoms with Crippen LogP contribution in [0.2, 0.25) is 0 Å². The molecule has 1 aromatic heterocycles. The second kappa shape index (κ2) is 6.08. The molecule has 3 rings (SSSR count). The summed E-state index contributed by atoms with van der Waals surface area (Å²) in [7, 11) is 0. The van der Waals surface area contributed by atoms with Gasteiger partial charge in [0.05, 0.1) is 6.61 Å². The van der Waals surface area contributed by atoms with E-state index in [-0.39, 0.29) is 0 Å². The minimum Gasteiger partial charge on any atom is -0.476 e. The van der Waals surface area contributed by atoms with Crippen LogP contribution in [0.4, 0.5) is 11.5 Å². The van der Waals surface area contributed by atoms with E-state index < -0.39 is 0 Å². The summed E-state index contributed by atoms with van der Waals surface area (Å²) in [6.45, 7) is 4.82. The SMILES string of the molecule is CCCOc1ncnc(N2CCC3(CCCC3)CC2)c1N. The fourth-order valence-electron chi connectivity index (χ4n) is 3.75. The van der Waals surface area contributed by atoms with Crippen LogP contribution < -0.4 is 15.4 Å². The van der Waals surface area contributed by atoms with E-state index in [4.69, 9.17) is 10.5 Å². The molecule has 0 radical (unpaired) electrons. The van der Waals surface area contributed by atoms with Crippen molar-refractivity contribution in [3.8, 4) is 5.88 Å². The van der Waals surface area contributed by atoms with Crippen molar-refractivity contribution in [2.24, 2.45) is 5.41 Å². The van der Waals surface area contributed by atoms with Crippen LogP contribution in [-0.4, -0.2) is 29.7 Å². The Balaban J connectivity index is 1.70. The van der Waals surface area contributed by atoms with Crippen molar-refractivity contribution < 1.29 is 4.74 Å². The fraction of sp³-hybridized carbons (Fsp3) is 0.750. The molecule has 0 unspecified atom stereocenters. The van der Waals surface area contributed by atoms with Gasteiger partial charge in [-0.3, -0.25) is 0 Å². The Morgan fingerprint density at radius 3 is 2.57 bits per heavy atom. The molecule has 0 atom stereocenters. The van der Waals surface area contributed by atoms with Crippen molar-refractivity contribution in [1.82, 2.24) is 9.97 Å². The largest absolute Gasteiger partial charge is 0.476 e. The zero-order valence-electron chi connectivity index (χ0n) is 13.0. The topological polar surface area (TPSA) is 64.3 Å². The maximum atomic E-state index is 6.21. The van der Waals surface area contributed by atoms with Crippen LogP contribution in [0.3, 0.4) is 0 Å². The van der Waals surface area contributed by atoms with Gasteiger partial charge in [0, 0.05) is 13.1 Å². The van der Waals surface area contributed by atoms with E-state index in [1.165, 1.54) is 38.5 Å². The minimum absolute atomic E-state index is 0.531. The standard InChI is InChI=1S/C16H26N4O/c1-2-11-21-15-13(17)14(18-12-19-15)20-9-7-16(8-10-20)5-3-4-6-16/h12H,2-11,17H2,1H3. The summed E-state index contributed by atoms with van der Waals surface area (Å²) in [5.74, 6) is 1.38. The molecule has 2 N–H and O–H groups in total. The molecule has 116 valence electrons. The Labute approximate surface area is 126 Å². The Bertz CT molecular complexity index is 475. The first-order valence-electron chi connectivity index (χ1n) is 8.22. The van der Waals surface area contributed by atoms with Crippen LogP contribution in [0.1, 0.15) is 51.9 Å². The number of ether oxygens (including phenoxy) is 1. The zero-order valence-corrected chi connectivity index (χ0v) is 13.0. The third-order valence-corrected chi connectivity index (χ3v) is 5.06. The molecule has 21 heavy (non-hydrogen) atoms. The van der Waals surface area contributed by atoms with Crippen LogP contribution in [0.5, 0.6) is 5.88 Å². The molecule has 1 aliphatic carbocycles. The molecule has 2 heterocycles. The van der Waals surface area contributed by atoms with Gasteiger partial charge in [-0.1, -0.05) is 19.8 Å². The summed E-state index contributed by atoms with van der Waals surface area (Å²) in [5.41, 5.74) is 7.41. The smallest absolute Gasteiger partial charge is 0.242 e. The molecule has 1 spiro atoms. The molecule has 0 aromatic carbocycles. The Kier molecular flexibility index (Phi) is 4.17. The second-order valence-electron chi connectivity index (χ2n) is 6.46. The van der Waals surface area contributed by atoms with Crippen LogP contribution in [-0.2, 0) is 0 Å². The Hall–Kier alpha value is -1.52. The number of nitrogen functional groups attached to an aromatic ring is 1. The van der Waals surface area contributed by atoms with Crippen LogP contribution >= 0.6 is 0 Å². The zero-order chi connectivity index (χ0) is 14.7. The van der Waals surface area contributed by atoms with Crippen molar-refractivity contribution in [2.75, 3.05) is 30.3 Å². The molecule has 1 saturated carbocycles. The lowest BCUT2D eigenvalue weighted by atomic mass is 9.77. The number of anilines is 2. The van der Waals surface area contributed by atoms with E-state index in [2.05, 4.69) is 21.8 Å². The number of rotatable bonds is 4. The third-order valence-electron chi connectivity index (χ3n) is 5.06. The highest BCUT2D eigenvalue weighted by molar-refractivity contribution is 5.67. The fourth-order valence-corrected chi connectivity index (χ4v) is 3.75. The number of nitrogens with zero attached hydrogens (tertiary/aromatic N) is 3. The molecule has 5 heteroatoms. The van der Waals surface area contributed by atoms with Crippen LogP contribution in [0.25, 0.3) is 0 Å². The summed E-state index contributed by atoms with van der Waals surface area (Å²) >= 11 is 0. The van der Waals surface area contributed by atoms with Crippen molar-refractivity contribution in [3.05, 3.63) is 6.33 Å². The first-order chi connectivity index (χ1) is 10.2. The summed E-state index contributed by atoms with van der Waals surface area (Å²) in [5, 5.41) is 0. The van der Waals surface area contributed by atoms with Gasteiger partial charge in [0.2, 0.25) is 5.88 Å². The van der Waals surface area contributed by atoms with Gasteiger partial charge in [0.15, 0.2) is 5.82 Å². The average Bonchev–Trinajstić information content (AvgIpc) is 2.96. The lowest BCUT2D eigenvalue weighted by Crippen LogP contribution is -2.39. The van der Waals surface area contributed by atoms with Gasteiger partial charge < -0.3 is 15.4 Å². The quantitative estimate of drug-likeness (QED) is 0.923. The van der Waals surface area contributed by atoms with E-state index in [9.17, 15) is 0 Å². The number of hydrogen-bond acceptors (Lipinski definition) is 5. The van der Waals surface area contributed by atoms with Gasteiger partial charge in [-0.25, -0.2) is 4.98 Å². The van der Waals surface area contributed by atoms with Gasteiger partial charge in [0.1, 0.15) is 12.0 Å². The molecule has 1 saturated heterocycles. The van der Waals surface area contributed by atoms with E-state index in [0.29, 0.717) is 23.6 Å². The molecule has 2 aliphatic rings. The molecule has 1 aliphatic heterocycles. The highest BCUT2D eigenvalue weighted by Crippen LogP contribution is 2.47. The van der Waals surface area contributed by atoms with Gasteiger partial charge in [-0.2, -0.15) is 4.98 Å². The van der Waals surface area contributed by atoms with Gasteiger partial charge >= 0.3 is 0 Å². The third kappa shape index (κ3) is 2.92. The van der Waals surface area contributed by atoms with E-state index in [1.54, 1.807) is 6.33 Å². The number of aromatic nitrogens is 2. The normalized spacial score (nSPS) is 20.9. The van der Waals surface area contributed by atoms with Gasteiger partial charge in [0.25, 0.3) is 0 Å². The summed E-state index contributed by atoms with van der Waals surface area (Å²) < 4.78 is 5.61. The molecule has 0 amide bonds. The predicted molar refractivity (Wildman–Crippen MR) is 84.6 cm³/mol. The van der Waals surface area contributed by atoms with E-state index in [0.717, 1.165) is 25.3 Å². The monoisotopic (exact) mass is 290 g/mol. The lowest BCUT2D eigenvalue weighted by Gasteiger charge is -2.40. The molecule has 5 nitrogen and oxygen atoms in total. The highest BCUT2D eigenvalue weighted by atomic mass is 16.5. The molecule has 1 aromatic rings. The maximum absolute atomic E-state index is 6.21. The van der Waals surface area contributed by atoms with Crippen molar-refractivity contribution in [3.63, 3.8) is 0 Å². The second-order valence-corrected chi connectivity index (χ2v) is 6.46. The minimum atomic E-state index is 0.531. The van der Waals surface area contributed by atoms with Crippen molar-refractivity contribution >= 4 is 11.5 Å². The van der Waals surface area contributed by atoms with Crippen molar-refractivity contribution in [2.45, 2.75) is 51.9 Å². The summed E-state index contributed by atoms with van der Waals surface area (Å²) in [6.07, 6.45) is 10.7. The van der Waals surface area contributed by atoms with Crippen LogP contribution in [0, 0.1) is 5.41 Å². The molecule has 0 bridgehead atoms. The first-order valence-corrected chi connectivity index (χ1v) is 8.22. The summed E-state index contributed by atoms with van der Waals surface area (Å²) in [6, 6.07) is 0. The van der Waals surface area contributed by atoms with Crippen LogP contribution in [0.15, 0.2) is 6.33 Å². The summed E-state index contributed by atoms with van der Waals surface area (Å²) in [4.78, 5) is 10.9. The number of piperidine rings is 1. The van der Waals surface area contributed by atoms with E-state index >= 15 is 0 Å². The lowest BCUT2D eigenvalue weighted by molar-refractivity contribution is 0.226. The van der Waals surface area contributed by atoms with Gasteiger partial charge in [-0.15, -0.1) is 0 Å². The Morgan fingerprint density at radius 1 is 1.19 bits per heavy atom. The maximum Gasteiger partial charge on any atom is 0.242 e. The van der Waals surface area contributed by atoms with E-state index in [1.807, 2.05) is 0 Å². The Morgan fingerprint density at radius 2 is 1.90 bits per heavy atom. The molecular weight excluding hydrogens is 264 g/mol. The average molecular weight is 290 g/mol. The van der Waals surface area contributed by atoms with Crippen molar-refractivity contribution in [1.29, 1.82) is 0 Å². The molecular formula is C16H26N4O. The molecule has 2 fully saturated rings.